The van der Waals surface area contributed by atoms with Crippen molar-refractivity contribution < 1.29 is 4.79 Å². The Hall–Kier alpha value is -2.80. The van der Waals surface area contributed by atoms with Gasteiger partial charge < -0.3 is 9.88 Å². The van der Waals surface area contributed by atoms with Crippen molar-refractivity contribution in [3.63, 3.8) is 0 Å². The van der Waals surface area contributed by atoms with E-state index in [1.165, 1.54) is 5.56 Å². The summed E-state index contributed by atoms with van der Waals surface area (Å²) in [6.07, 6.45) is 3.43. The molecule has 1 aromatic carbocycles. The van der Waals surface area contributed by atoms with Crippen LogP contribution >= 0.6 is 0 Å². The average Bonchev–Trinajstić information content (AvgIpc) is 2.90. The lowest BCUT2D eigenvalue weighted by molar-refractivity contribution is -0.117. The Morgan fingerprint density at radius 3 is 2.44 bits per heavy atom. The number of carbonyl (C=O) groups is 1. The van der Waals surface area contributed by atoms with Crippen molar-refractivity contribution in [1.29, 1.82) is 5.26 Å². The first-order chi connectivity index (χ1) is 12.7. The van der Waals surface area contributed by atoms with E-state index in [1.54, 1.807) is 6.08 Å². The second kappa shape index (κ2) is 8.73. The molecule has 0 radical (unpaired) electrons. The number of nitriles is 1. The molecule has 1 amide bonds. The zero-order valence-electron chi connectivity index (χ0n) is 17.0. The second-order valence-electron chi connectivity index (χ2n) is 7.85. The first-order valence-electron chi connectivity index (χ1n) is 9.37. The summed E-state index contributed by atoms with van der Waals surface area (Å²) in [6, 6.07) is 14.2. The van der Waals surface area contributed by atoms with E-state index in [0.29, 0.717) is 6.54 Å². The van der Waals surface area contributed by atoms with Crippen LogP contribution in [0.2, 0.25) is 0 Å². The van der Waals surface area contributed by atoms with Crippen LogP contribution in [0, 0.1) is 25.2 Å². The fraction of sp³-hybridized carbons (Fsp3) is 0.391. The minimum absolute atomic E-state index is 0.0488. The topological polar surface area (TPSA) is 57.8 Å². The van der Waals surface area contributed by atoms with Gasteiger partial charge in [0.15, 0.2) is 0 Å². The Bertz CT molecular complexity index is 862. The molecule has 27 heavy (non-hydrogen) atoms. The van der Waals surface area contributed by atoms with Crippen molar-refractivity contribution in [1.82, 2.24) is 9.88 Å². The number of nitrogens with one attached hydrogen (secondary N) is 1. The molecule has 0 saturated heterocycles. The minimum atomic E-state index is -0.314. The zero-order valence-corrected chi connectivity index (χ0v) is 17.0. The Balaban J connectivity index is 2.03. The Labute approximate surface area is 162 Å². The van der Waals surface area contributed by atoms with E-state index < -0.39 is 0 Å². The first kappa shape index (κ1) is 20.5. The van der Waals surface area contributed by atoms with E-state index in [4.69, 9.17) is 0 Å². The van der Waals surface area contributed by atoms with Crippen LogP contribution in [0.15, 0.2) is 42.0 Å². The number of nitrogens with zero attached hydrogens (tertiary/aromatic N) is 2. The molecule has 142 valence electrons. The second-order valence-corrected chi connectivity index (χ2v) is 7.85. The smallest absolute Gasteiger partial charge is 0.261 e. The van der Waals surface area contributed by atoms with E-state index in [2.05, 4.69) is 42.8 Å². The van der Waals surface area contributed by atoms with E-state index in [1.807, 2.05) is 44.2 Å². The third-order valence-electron chi connectivity index (χ3n) is 4.58. The van der Waals surface area contributed by atoms with Crippen LogP contribution in [0.4, 0.5) is 0 Å². The van der Waals surface area contributed by atoms with Crippen LogP contribution in [0.1, 0.15) is 49.7 Å². The van der Waals surface area contributed by atoms with Crippen LogP contribution in [-0.2, 0) is 16.8 Å². The molecule has 0 aliphatic rings. The highest BCUT2D eigenvalue weighted by molar-refractivity contribution is 6.01. The summed E-state index contributed by atoms with van der Waals surface area (Å²) in [5, 5.41) is 12.3. The predicted molar refractivity (Wildman–Crippen MR) is 110 cm³/mol. The maximum absolute atomic E-state index is 12.4. The summed E-state index contributed by atoms with van der Waals surface area (Å²) in [6.45, 7) is 11.1. The van der Waals surface area contributed by atoms with Crippen molar-refractivity contribution in [3.05, 3.63) is 64.5 Å². The van der Waals surface area contributed by atoms with Gasteiger partial charge in [-0.1, -0.05) is 30.3 Å². The lowest BCUT2D eigenvalue weighted by Gasteiger charge is -2.25. The molecule has 2 aromatic rings. The molecule has 0 saturated carbocycles. The molecular formula is C23H29N3O. The molecule has 1 heterocycles. The van der Waals surface area contributed by atoms with Crippen LogP contribution in [-0.4, -0.2) is 17.0 Å². The zero-order chi connectivity index (χ0) is 20.0. The molecule has 1 aromatic heterocycles. The van der Waals surface area contributed by atoms with Gasteiger partial charge in [0.1, 0.15) is 11.6 Å². The summed E-state index contributed by atoms with van der Waals surface area (Å²) in [5.41, 5.74) is 4.43. The standard InChI is InChI=1S/C23H29N3O/c1-17-14-20(18(2)26(17)23(3,4)5)15-21(16-24)22(27)25-13-9-12-19-10-7-6-8-11-19/h6-8,10-11,14-15H,9,12-13H2,1-5H3,(H,25,27)/b21-15-. The maximum atomic E-state index is 12.4. The Morgan fingerprint density at radius 1 is 1.22 bits per heavy atom. The quantitative estimate of drug-likeness (QED) is 0.466. The monoisotopic (exact) mass is 363 g/mol. The molecule has 0 fully saturated rings. The number of rotatable bonds is 6. The number of amides is 1. The van der Waals surface area contributed by atoms with Gasteiger partial charge in [-0.3, -0.25) is 4.79 Å². The third kappa shape index (κ3) is 5.34. The molecular weight excluding hydrogens is 334 g/mol. The van der Waals surface area contributed by atoms with Crippen LogP contribution in [0.25, 0.3) is 6.08 Å². The molecule has 0 atom stereocenters. The lowest BCUT2D eigenvalue weighted by atomic mass is 10.1. The molecule has 4 heteroatoms. The van der Waals surface area contributed by atoms with Gasteiger partial charge >= 0.3 is 0 Å². The van der Waals surface area contributed by atoms with Crippen molar-refractivity contribution in [3.8, 4) is 6.07 Å². The highest BCUT2D eigenvalue weighted by Crippen LogP contribution is 2.25. The molecule has 0 bridgehead atoms. The Morgan fingerprint density at radius 2 is 1.89 bits per heavy atom. The van der Waals surface area contributed by atoms with Gasteiger partial charge in [-0.15, -0.1) is 0 Å². The van der Waals surface area contributed by atoms with Crippen LogP contribution in [0.5, 0.6) is 0 Å². The number of aryl methyl sites for hydroxylation is 2. The number of benzene rings is 1. The first-order valence-corrected chi connectivity index (χ1v) is 9.37. The summed E-state index contributed by atoms with van der Waals surface area (Å²) >= 11 is 0. The SMILES string of the molecule is Cc1cc(/C=C(/C#N)C(=O)NCCCc2ccccc2)c(C)n1C(C)(C)C. The fourth-order valence-corrected chi connectivity index (χ4v) is 3.50. The highest BCUT2D eigenvalue weighted by Gasteiger charge is 2.20. The minimum Gasteiger partial charge on any atom is -0.351 e. The van der Waals surface area contributed by atoms with E-state index in [0.717, 1.165) is 29.8 Å². The summed E-state index contributed by atoms with van der Waals surface area (Å²) in [4.78, 5) is 12.4. The molecule has 0 spiro atoms. The van der Waals surface area contributed by atoms with Gasteiger partial charge in [0, 0.05) is 23.5 Å². The average molecular weight is 364 g/mol. The van der Waals surface area contributed by atoms with Crippen LogP contribution < -0.4 is 5.32 Å². The van der Waals surface area contributed by atoms with Gasteiger partial charge in [-0.25, -0.2) is 0 Å². The van der Waals surface area contributed by atoms with Gasteiger partial charge in [0.2, 0.25) is 0 Å². The molecule has 4 nitrogen and oxygen atoms in total. The lowest BCUT2D eigenvalue weighted by Crippen LogP contribution is -2.26. The summed E-state index contributed by atoms with van der Waals surface area (Å²) in [5.74, 6) is -0.314. The number of hydrogen-bond donors (Lipinski definition) is 1. The van der Waals surface area contributed by atoms with Gasteiger partial charge in [0.05, 0.1) is 0 Å². The number of aromatic nitrogens is 1. The highest BCUT2D eigenvalue weighted by atomic mass is 16.1. The van der Waals surface area contributed by atoms with Crippen LogP contribution in [0.3, 0.4) is 0 Å². The molecule has 0 aliphatic heterocycles. The molecule has 1 N–H and O–H groups in total. The van der Waals surface area contributed by atoms with Crippen molar-refractivity contribution in [2.75, 3.05) is 6.54 Å². The van der Waals surface area contributed by atoms with Crippen molar-refractivity contribution in [2.45, 2.75) is 53.0 Å². The molecule has 0 aliphatic carbocycles. The normalized spacial score (nSPS) is 11.9. The maximum Gasteiger partial charge on any atom is 0.261 e. The number of hydrogen-bond acceptors (Lipinski definition) is 2. The summed E-state index contributed by atoms with van der Waals surface area (Å²) in [7, 11) is 0. The van der Waals surface area contributed by atoms with E-state index in [9.17, 15) is 10.1 Å². The fourth-order valence-electron chi connectivity index (χ4n) is 3.50. The molecule has 2 rings (SSSR count). The van der Waals surface area contributed by atoms with E-state index >= 15 is 0 Å². The van der Waals surface area contributed by atoms with Crippen molar-refractivity contribution >= 4 is 12.0 Å². The molecule has 0 unspecified atom stereocenters. The van der Waals surface area contributed by atoms with Gasteiger partial charge in [-0.05, 0) is 70.7 Å². The predicted octanol–water partition coefficient (Wildman–Crippen LogP) is 4.52. The van der Waals surface area contributed by atoms with Gasteiger partial charge in [0.25, 0.3) is 5.91 Å². The largest absolute Gasteiger partial charge is 0.351 e. The third-order valence-corrected chi connectivity index (χ3v) is 4.58. The van der Waals surface area contributed by atoms with E-state index in [-0.39, 0.29) is 17.0 Å². The number of carbonyl (C=O) groups excluding carboxylic acids is 1. The summed E-state index contributed by atoms with van der Waals surface area (Å²) < 4.78 is 2.23. The van der Waals surface area contributed by atoms with Gasteiger partial charge in [-0.2, -0.15) is 5.26 Å². The Kier molecular flexibility index (Phi) is 6.63. The van der Waals surface area contributed by atoms with Crippen molar-refractivity contribution in [2.24, 2.45) is 0 Å².